The van der Waals surface area contributed by atoms with Crippen molar-refractivity contribution < 1.29 is 28.2 Å². The number of nitrogens with one attached hydrogen (secondary N) is 2. The molecule has 9 nitrogen and oxygen atoms in total. The number of furan rings is 1. The van der Waals surface area contributed by atoms with Gasteiger partial charge in [-0.2, -0.15) is 0 Å². The lowest BCUT2D eigenvalue weighted by Gasteiger charge is -2.32. The summed E-state index contributed by atoms with van der Waals surface area (Å²) in [7, 11) is 3.26. The number of urea groups is 1. The Bertz CT molecular complexity index is 1030. The second-order valence-electron chi connectivity index (χ2n) is 7.90. The van der Waals surface area contributed by atoms with Crippen molar-refractivity contribution in [3.63, 3.8) is 0 Å². The Balaban J connectivity index is 1.69. The average molecular weight is 456 g/mol. The third-order valence-electron chi connectivity index (χ3n) is 6.00. The minimum Gasteiger partial charge on any atom is -0.497 e. The van der Waals surface area contributed by atoms with Gasteiger partial charge in [0.15, 0.2) is 0 Å². The van der Waals surface area contributed by atoms with Crippen LogP contribution < -0.4 is 20.1 Å². The van der Waals surface area contributed by atoms with Gasteiger partial charge >= 0.3 is 12.0 Å². The maximum atomic E-state index is 13.0. The maximum absolute atomic E-state index is 13.0. The van der Waals surface area contributed by atoms with Crippen LogP contribution in [0.2, 0.25) is 0 Å². The zero-order valence-corrected chi connectivity index (χ0v) is 19.1. The number of nitrogens with zero attached hydrogens (tertiary/aromatic N) is 1. The Morgan fingerprint density at radius 2 is 2.09 bits per heavy atom. The summed E-state index contributed by atoms with van der Waals surface area (Å²) in [6.07, 6.45) is 3.42. The molecule has 2 aliphatic rings. The Morgan fingerprint density at radius 3 is 2.79 bits per heavy atom. The molecule has 9 heteroatoms. The predicted molar refractivity (Wildman–Crippen MR) is 120 cm³/mol. The lowest BCUT2D eigenvalue weighted by atomic mass is 9.99. The second kappa shape index (κ2) is 9.99. The molecular weight excluding hydrogens is 426 g/mol. The number of esters is 1. The van der Waals surface area contributed by atoms with Crippen LogP contribution in [-0.4, -0.2) is 50.8 Å². The largest absolute Gasteiger partial charge is 0.497 e. The normalized spacial score (nSPS) is 20.9. The van der Waals surface area contributed by atoms with E-state index in [0.29, 0.717) is 23.6 Å². The van der Waals surface area contributed by atoms with Gasteiger partial charge < -0.3 is 29.3 Å². The molecule has 1 aromatic heterocycles. The Hall–Kier alpha value is -3.46. The number of hydrogen-bond donors (Lipinski definition) is 2. The number of methoxy groups -OCH3 is 2. The van der Waals surface area contributed by atoms with Gasteiger partial charge in [-0.3, -0.25) is 4.90 Å². The van der Waals surface area contributed by atoms with Gasteiger partial charge in [0.25, 0.3) is 0 Å². The molecule has 0 radical (unpaired) electrons. The monoisotopic (exact) mass is 455 g/mol. The van der Waals surface area contributed by atoms with Crippen LogP contribution in [0.5, 0.6) is 11.5 Å². The Morgan fingerprint density at radius 1 is 1.24 bits per heavy atom. The molecule has 3 heterocycles. The van der Waals surface area contributed by atoms with Crippen LogP contribution in [0.4, 0.5) is 4.79 Å². The quantitative estimate of drug-likeness (QED) is 0.589. The third kappa shape index (κ3) is 4.68. The highest BCUT2D eigenvalue weighted by molar-refractivity contribution is 5.95. The van der Waals surface area contributed by atoms with Crippen molar-refractivity contribution in [3.05, 3.63) is 59.2 Å². The van der Waals surface area contributed by atoms with E-state index in [9.17, 15) is 9.59 Å². The highest BCUT2D eigenvalue weighted by Gasteiger charge is 2.37. The lowest BCUT2D eigenvalue weighted by molar-refractivity contribution is -0.139. The molecule has 0 spiro atoms. The van der Waals surface area contributed by atoms with Crippen LogP contribution in [0, 0.1) is 0 Å². The molecule has 2 amide bonds. The first-order valence-corrected chi connectivity index (χ1v) is 11.0. The third-order valence-corrected chi connectivity index (χ3v) is 6.00. The minimum absolute atomic E-state index is 0.0654. The fraction of sp³-hybridized carbons (Fsp3) is 0.417. The molecule has 2 atom stereocenters. The van der Waals surface area contributed by atoms with Crippen molar-refractivity contribution in [2.45, 2.75) is 31.8 Å². The molecule has 0 bridgehead atoms. The molecule has 1 saturated heterocycles. The van der Waals surface area contributed by atoms with E-state index in [4.69, 9.17) is 18.6 Å². The first-order chi connectivity index (χ1) is 16.0. The van der Waals surface area contributed by atoms with Crippen molar-refractivity contribution in [2.24, 2.45) is 0 Å². The summed E-state index contributed by atoms with van der Waals surface area (Å²) in [5.41, 5.74) is 1.90. The average Bonchev–Trinajstić information content (AvgIpc) is 3.51. The molecule has 2 aliphatic heterocycles. The van der Waals surface area contributed by atoms with Gasteiger partial charge in [0, 0.05) is 29.9 Å². The van der Waals surface area contributed by atoms with Crippen LogP contribution in [0.3, 0.4) is 0 Å². The second-order valence-corrected chi connectivity index (χ2v) is 7.90. The SMILES string of the molecule is CCOC(=O)C1=C(CN2CCC[C@H]2c2ccc(OC)cc2OC)NC(=O)N[C@@H]1c1ccco1. The molecule has 2 aromatic rings. The highest BCUT2D eigenvalue weighted by Crippen LogP contribution is 2.39. The zero-order valence-electron chi connectivity index (χ0n) is 19.1. The summed E-state index contributed by atoms with van der Waals surface area (Å²) in [5, 5.41) is 5.62. The van der Waals surface area contributed by atoms with Crippen molar-refractivity contribution >= 4 is 12.0 Å². The van der Waals surface area contributed by atoms with Crippen LogP contribution in [0.15, 0.2) is 52.3 Å². The summed E-state index contributed by atoms with van der Waals surface area (Å²) < 4.78 is 21.8. The molecule has 0 saturated carbocycles. The van der Waals surface area contributed by atoms with Crippen molar-refractivity contribution in [2.75, 3.05) is 33.9 Å². The van der Waals surface area contributed by atoms with E-state index in [1.165, 1.54) is 6.26 Å². The molecule has 0 aliphatic carbocycles. The molecule has 33 heavy (non-hydrogen) atoms. The van der Waals surface area contributed by atoms with E-state index >= 15 is 0 Å². The summed E-state index contributed by atoms with van der Waals surface area (Å²) in [6, 6.07) is 8.19. The topological polar surface area (TPSA) is 102 Å². The fourth-order valence-corrected chi connectivity index (χ4v) is 4.53. The van der Waals surface area contributed by atoms with E-state index in [1.807, 2.05) is 18.2 Å². The van der Waals surface area contributed by atoms with Crippen molar-refractivity contribution in [3.8, 4) is 11.5 Å². The van der Waals surface area contributed by atoms with Crippen LogP contribution in [0.1, 0.15) is 43.2 Å². The van der Waals surface area contributed by atoms with E-state index in [2.05, 4.69) is 15.5 Å². The van der Waals surface area contributed by atoms with Gasteiger partial charge in [-0.05, 0) is 44.5 Å². The van der Waals surface area contributed by atoms with E-state index in [0.717, 1.165) is 36.4 Å². The first kappa shape index (κ1) is 22.7. The smallest absolute Gasteiger partial charge is 0.338 e. The molecular formula is C24H29N3O6. The van der Waals surface area contributed by atoms with Crippen LogP contribution >= 0.6 is 0 Å². The van der Waals surface area contributed by atoms with Gasteiger partial charge in [0.2, 0.25) is 0 Å². The predicted octanol–water partition coefficient (Wildman–Crippen LogP) is 3.31. The number of ether oxygens (including phenoxy) is 3. The summed E-state index contributed by atoms with van der Waals surface area (Å²) >= 11 is 0. The number of benzene rings is 1. The van der Waals surface area contributed by atoms with Gasteiger partial charge in [0.1, 0.15) is 23.3 Å². The molecule has 1 fully saturated rings. The molecule has 1 aromatic carbocycles. The summed E-state index contributed by atoms with van der Waals surface area (Å²) in [6.45, 7) is 3.16. The van der Waals surface area contributed by atoms with Crippen LogP contribution in [0.25, 0.3) is 0 Å². The number of amides is 2. The Labute approximate surface area is 192 Å². The number of hydrogen-bond acceptors (Lipinski definition) is 7. The van der Waals surface area contributed by atoms with Gasteiger partial charge in [0.05, 0.1) is 32.7 Å². The molecule has 4 rings (SSSR count). The van der Waals surface area contributed by atoms with Crippen molar-refractivity contribution in [1.82, 2.24) is 15.5 Å². The fourth-order valence-electron chi connectivity index (χ4n) is 4.53. The van der Waals surface area contributed by atoms with Gasteiger partial charge in [-0.25, -0.2) is 9.59 Å². The standard InChI is InChI=1S/C24H29N3O6/c1-4-32-23(28)21-17(25-24(29)26-22(21)19-8-6-12-33-19)14-27-11-5-7-18(27)16-10-9-15(30-2)13-20(16)31-3/h6,8-10,12-13,18,22H,4-5,7,11,14H2,1-3H3,(H2,25,26,29)/t18-,22+/m0/s1. The van der Waals surface area contributed by atoms with E-state index in [-0.39, 0.29) is 12.6 Å². The molecule has 176 valence electrons. The number of carbonyl (C=O) groups is 2. The summed E-state index contributed by atoms with van der Waals surface area (Å²) in [5.74, 6) is 1.45. The molecule has 2 N–H and O–H groups in total. The molecule has 0 unspecified atom stereocenters. The lowest BCUT2D eigenvalue weighted by Crippen LogP contribution is -2.48. The number of likely N-dealkylation sites (tertiary alicyclic amines) is 1. The van der Waals surface area contributed by atoms with Crippen molar-refractivity contribution in [1.29, 1.82) is 0 Å². The van der Waals surface area contributed by atoms with E-state index in [1.54, 1.807) is 33.3 Å². The number of carbonyl (C=O) groups excluding carboxylic acids is 2. The zero-order chi connectivity index (χ0) is 23.4. The highest BCUT2D eigenvalue weighted by atomic mass is 16.5. The van der Waals surface area contributed by atoms with Crippen LogP contribution in [-0.2, 0) is 9.53 Å². The summed E-state index contributed by atoms with van der Waals surface area (Å²) in [4.78, 5) is 27.7. The van der Waals surface area contributed by atoms with Gasteiger partial charge in [-0.1, -0.05) is 6.07 Å². The Kier molecular flexibility index (Phi) is 6.88. The van der Waals surface area contributed by atoms with E-state index < -0.39 is 18.0 Å². The maximum Gasteiger partial charge on any atom is 0.338 e. The first-order valence-electron chi connectivity index (χ1n) is 11.0. The van der Waals surface area contributed by atoms with Gasteiger partial charge in [-0.15, -0.1) is 0 Å². The number of rotatable bonds is 8. The minimum atomic E-state index is -0.723.